The van der Waals surface area contributed by atoms with E-state index in [1.54, 1.807) is 7.11 Å². The minimum Gasteiger partial charge on any atom is -0.383 e. The van der Waals surface area contributed by atoms with Gasteiger partial charge in [-0.25, -0.2) is 4.98 Å². The van der Waals surface area contributed by atoms with E-state index in [-0.39, 0.29) is 0 Å². The smallest absolute Gasteiger partial charge is 0.201 e. The number of nitrogens with one attached hydrogen (secondary N) is 3. The van der Waals surface area contributed by atoms with E-state index in [0.29, 0.717) is 19.2 Å². The predicted octanol–water partition coefficient (Wildman–Crippen LogP) is 3.97. The molecule has 4 rings (SSSR count). The average molecular weight is 398 g/mol. The molecule has 0 spiro atoms. The van der Waals surface area contributed by atoms with Gasteiger partial charge in [-0.2, -0.15) is 0 Å². The zero-order valence-corrected chi connectivity index (χ0v) is 17.6. The summed E-state index contributed by atoms with van der Waals surface area (Å²) in [6, 6.07) is 5.05. The third-order valence-electron chi connectivity index (χ3n) is 5.77. The molecule has 1 aliphatic carbocycles. The van der Waals surface area contributed by atoms with Crippen LogP contribution < -0.4 is 10.6 Å². The van der Waals surface area contributed by atoms with Crippen molar-refractivity contribution < 1.29 is 9.26 Å². The number of aryl methyl sites for hydroxylation is 2. The molecule has 0 saturated heterocycles. The Kier molecular flexibility index (Phi) is 6.16. The van der Waals surface area contributed by atoms with Crippen LogP contribution in [0.25, 0.3) is 22.2 Å². The zero-order chi connectivity index (χ0) is 20.2. The first-order chi connectivity index (χ1) is 14.2. The number of methoxy groups -OCH3 is 1. The molecule has 1 aliphatic rings. The minimum atomic E-state index is 0.638. The van der Waals surface area contributed by atoms with Crippen LogP contribution in [0, 0.1) is 13.8 Å². The van der Waals surface area contributed by atoms with Crippen LogP contribution in [0.15, 0.2) is 16.7 Å². The van der Waals surface area contributed by atoms with E-state index < -0.39 is 0 Å². The number of fused-ring (bicyclic) bond motifs is 1. The van der Waals surface area contributed by atoms with E-state index >= 15 is 0 Å². The Morgan fingerprint density at radius 2 is 2.03 bits per heavy atom. The number of hydrogen-bond acceptors (Lipinski definition) is 6. The molecule has 1 fully saturated rings. The van der Waals surface area contributed by atoms with Crippen molar-refractivity contribution in [3.05, 3.63) is 29.2 Å². The van der Waals surface area contributed by atoms with Gasteiger partial charge in [-0.05, 0) is 62.9 Å². The Labute approximate surface area is 171 Å². The van der Waals surface area contributed by atoms with Crippen LogP contribution in [0.1, 0.15) is 42.7 Å². The van der Waals surface area contributed by atoms with Gasteiger partial charge >= 0.3 is 0 Å². The van der Waals surface area contributed by atoms with Gasteiger partial charge in [0, 0.05) is 25.3 Å². The fourth-order valence-electron chi connectivity index (χ4n) is 4.32. The predicted molar refractivity (Wildman–Crippen MR) is 115 cm³/mol. The lowest BCUT2D eigenvalue weighted by Gasteiger charge is -2.12. The molecular formula is C22H31N5O2. The van der Waals surface area contributed by atoms with Gasteiger partial charge in [0.25, 0.3) is 0 Å². The van der Waals surface area contributed by atoms with Gasteiger partial charge in [0.1, 0.15) is 5.76 Å². The molecule has 3 aromatic rings. The number of nitrogens with zero attached hydrogens (tertiary/aromatic N) is 2. The third-order valence-corrected chi connectivity index (χ3v) is 5.77. The highest BCUT2D eigenvalue weighted by Gasteiger charge is 2.17. The van der Waals surface area contributed by atoms with Crippen LogP contribution in [0.2, 0.25) is 0 Å². The number of rotatable bonds is 9. The molecule has 0 atom stereocenters. The van der Waals surface area contributed by atoms with Crippen LogP contribution in [0.3, 0.4) is 0 Å². The second-order valence-electron chi connectivity index (χ2n) is 7.92. The summed E-state index contributed by atoms with van der Waals surface area (Å²) in [6.45, 7) is 6.27. The van der Waals surface area contributed by atoms with Crippen molar-refractivity contribution in [2.24, 2.45) is 0 Å². The highest BCUT2D eigenvalue weighted by molar-refractivity contribution is 5.87. The van der Waals surface area contributed by atoms with Gasteiger partial charge in [-0.3, -0.25) is 0 Å². The maximum Gasteiger partial charge on any atom is 0.201 e. The van der Waals surface area contributed by atoms with Crippen molar-refractivity contribution in [1.82, 2.24) is 20.4 Å². The summed E-state index contributed by atoms with van der Waals surface area (Å²) in [5.74, 6) is 1.62. The van der Waals surface area contributed by atoms with Crippen LogP contribution in [-0.2, 0) is 11.2 Å². The standard InChI is InChI=1S/C22H31N5O2/c1-14-20(15(2)29-27-14)17-12-16(8-9-23-18-6-4-5-7-18)21-19(13-17)25-22(26-21)24-10-11-28-3/h12-13,18,23H,4-11H2,1-3H3,(H2,24,25,26). The first-order valence-electron chi connectivity index (χ1n) is 10.6. The average Bonchev–Trinajstić information content (AvgIpc) is 3.42. The van der Waals surface area contributed by atoms with Crippen molar-refractivity contribution >= 4 is 17.0 Å². The van der Waals surface area contributed by atoms with Crippen molar-refractivity contribution in [2.75, 3.05) is 32.1 Å². The van der Waals surface area contributed by atoms with Crippen molar-refractivity contribution in [3.8, 4) is 11.1 Å². The van der Waals surface area contributed by atoms with Crippen LogP contribution in [0.5, 0.6) is 0 Å². The third kappa shape index (κ3) is 4.46. The number of H-pyrrole nitrogens is 1. The number of benzene rings is 1. The Bertz CT molecular complexity index is 936. The van der Waals surface area contributed by atoms with Gasteiger partial charge in [-0.1, -0.05) is 18.0 Å². The highest BCUT2D eigenvalue weighted by atomic mass is 16.5. The molecule has 0 radical (unpaired) electrons. The lowest BCUT2D eigenvalue weighted by molar-refractivity contribution is 0.210. The molecule has 2 heterocycles. The second-order valence-corrected chi connectivity index (χ2v) is 7.92. The Morgan fingerprint density at radius 1 is 1.21 bits per heavy atom. The number of anilines is 1. The van der Waals surface area contributed by atoms with E-state index in [9.17, 15) is 0 Å². The largest absolute Gasteiger partial charge is 0.383 e. The highest BCUT2D eigenvalue weighted by Crippen LogP contribution is 2.32. The van der Waals surface area contributed by atoms with Crippen LogP contribution >= 0.6 is 0 Å². The van der Waals surface area contributed by atoms with E-state index in [1.807, 2.05) is 13.8 Å². The number of imidazole rings is 1. The van der Waals surface area contributed by atoms with Crippen molar-refractivity contribution in [2.45, 2.75) is 52.0 Å². The topological polar surface area (TPSA) is 88.0 Å². The molecule has 29 heavy (non-hydrogen) atoms. The zero-order valence-electron chi connectivity index (χ0n) is 17.6. The quantitative estimate of drug-likeness (QED) is 0.474. The van der Waals surface area contributed by atoms with Gasteiger partial charge in [0.2, 0.25) is 5.95 Å². The molecule has 7 nitrogen and oxygen atoms in total. The lowest BCUT2D eigenvalue weighted by Crippen LogP contribution is -2.28. The SMILES string of the molecule is COCCNc1nc2c(CCNC3CCCC3)cc(-c3c(C)noc3C)cc2[nH]1. The van der Waals surface area contributed by atoms with Gasteiger partial charge < -0.3 is 24.9 Å². The van der Waals surface area contributed by atoms with Crippen molar-refractivity contribution in [3.63, 3.8) is 0 Å². The number of ether oxygens (including phenoxy) is 1. The Morgan fingerprint density at radius 3 is 2.76 bits per heavy atom. The molecule has 7 heteroatoms. The van der Waals surface area contributed by atoms with Crippen molar-refractivity contribution in [1.29, 1.82) is 0 Å². The normalized spacial score (nSPS) is 14.9. The van der Waals surface area contributed by atoms with Crippen LogP contribution in [0.4, 0.5) is 5.95 Å². The molecule has 0 amide bonds. The molecule has 2 aromatic heterocycles. The summed E-state index contributed by atoms with van der Waals surface area (Å²) >= 11 is 0. The summed E-state index contributed by atoms with van der Waals surface area (Å²) in [7, 11) is 1.70. The van der Waals surface area contributed by atoms with Crippen LogP contribution in [-0.4, -0.2) is 48.0 Å². The molecule has 156 valence electrons. The lowest BCUT2D eigenvalue weighted by atomic mass is 9.99. The minimum absolute atomic E-state index is 0.638. The molecule has 3 N–H and O–H groups in total. The summed E-state index contributed by atoms with van der Waals surface area (Å²) in [5.41, 5.74) is 6.39. The molecule has 0 unspecified atom stereocenters. The molecule has 1 saturated carbocycles. The number of aromatic nitrogens is 3. The summed E-state index contributed by atoms with van der Waals surface area (Å²) < 4.78 is 10.5. The maximum absolute atomic E-state index is 5.41. The Hall–Kier alpha value is -2.38. The number of aromatic amines is 1. The summed E-state index contributed by atoms with van der Waals surface area (Å²) in [6.07, 6.45) is 6.22. The van der Waals surface area contributed by atoms with E-state index in [4.69, 9.17) is 14.2 Å². The maximum atomic E-state index is 5.41. The van der Waals surface area contributed by atoms with E-state index in [1.165, 1.54) is 31.2 Å². The summed E-state index contributed by atoms with van der Waals surface area (Å²) in [4.78, 5) is 8.23. The first-order valence-corrected chi connectivity index (χ1v) is 10.6. The molecule has 0 bridgehead atoms. The summed E-state index contributed by atoms with van der Waals surface area (Å²) in [5, 5.41) is 11.2. The van der Waals surface area contributed by atoms with Gasteiger partial charge in [0.15, 0.2) is 0 Å². The first kappa shape index (κ1) is 19.9. The molecule has 1 aromatic carbocycles. The Balaban J connectivity index is 1.63. The van der Waals surface area contributed by atoms with Gasteiger partial charge in [-0.15, -0.1) is 0 Å². The fourth-order valence-corrected chi connectivity index (χ4v) is 4.32. The molecule has 0 aliphatic heterocycles. The fraction of sp³-hybridized carbons (Fsp3) is 0.545. The number of hydrogen-bond donors (Lipinski definition) is 3. The monoisotopic (exact) mass is 397 g/mol. The van der Waals surface area contributed by atoms with E-state index in [2.05, 4.69) is 32.9 Å². The molecular weight excluding hydrogens is 366 g/mol. The second kappa shape index (κ2) is 8.97. The van der Waals surface area contributed by atoms with Gasteiger partial charge in [0.05, 0.1) is 23.3 Å². The van der Waals surface area contributed by atoms with E-state index in [0.717, 1.165) is 52.5 Å².